The van der Waals surface area contributed by atoms with Crippen molar-refractivity contribution in [2.45, 2.75) is 44.0 Å². The molecule has 2 heterocycles. The van der Waals surface area contributed by atoms with Crippen molar-refractivity contribution in [2.24, 2.45) is 4.99 Å². The Morgan fingerprint density at radius 1 is 1.12 bits per heavy atom. The van der Waals surface area contributed by atoms with E-state index in [1.54, 1.807) is 18.2 Å². The molecule has 0 N–H and O–H groups in total. The number of rotatable bonds is 6. The first-order valence-electron chi connectivity index (χ1n) is 10.9. The van der Waals surface area contributed by atoms with Crippen molar-refractivity contribution >= 4 is 37.5 Å². The number of allylic oxidation sites excluding steroid dienone is 1. The number of carbonyl (C=O) groups is 1. The third-order valence-electron chi connectivity index (χ3n) is 5.72. The number of hydrogen-bond acceptors (Lipinski definition) is 4. The van der Waals surface area contributed by atoms with E-state index in [4.69, 9.17) is 0 Å². The third-order valence-corrected chi connectivity index (χ3v) is 8.67. The number of nitrogens with zero attached hydrogens (tertiary/aromatic N) is 3. The maximum absolute atomic E-state index is 12.9. The number of aromatic nitrogens is 1. The Kier molecular flexibility index (Phi) is 6.74. The molecular formula is C24H27N3O3S2. The fourth-order valence-corrected chi connectivity index (χ4v) is 6.52. The van der Waals surface area contributed by atoms with E-state index in [1.165, 1.54) is 33.3 Å². The van der Waals surface area contributed by atoms with E-state index in [1.807, 2.05) is 4.57 Å². The normalized spacial score (nSPS) is 15.8. The maximum Gasteiger partial charge on any atom is 0.279 e. The van der Waals surface area contributed by atoms with E-state index in [0.29, 0.717) is 30.0 Å². The van der Waals surface area contributed by atoms with Crippen LogP contribution in [0.5, 0.6) is 0 Å². The first kappa shape index (κ1) is 22.6. The zero-order valence-corrected chi connectivity index (χ0v) is 19.8. The van der Waals surface area contributed by atoms with Crippen molar-refractivity contribution in [3.63, 3.8) is 0 Å². The minimum absolute atomic E-state index is 0.214. The molecule has 1 amide bonds. The van der Waals surface area contributed by atoms with E-state index in [-0.39, 0.29) is 4.90 Å². The minimum Gasteiger partial charge on any atom is -0.312 e. The van der Waals surface area contributed by atoms with Gasteiger partial charge in [-0.15, -0.1) is 6.58 Å². The second kappa shape index (κ2) is 9.52. The Labute approximate surface area is 192 Å². The number of thiazole rings is 1. The predicted octanol–water partition coefficient (Wildman–Crippen LogP) is 4.37. The average Bonchev–Trinajstić information content (AvgIpc) is 3.16. The quantitative estimate of drug-likeness (QED) is 0.504. The number of sulfonamides is 1. The maximum atomic E-state index is 12.9. The fraction of sp³-hybridized carbons (Fsp3) is 0.333. The molecule has 8 heteroatoms. The summed E-state index contributed by atoms with van der Waals surface area (Å²) in [5, 5.41) is 0. The molecule has 4 rings (SSSR count). The summed E-state index contributed by atoms with van der Waals surface area (Å²) in [6, 6.07) is 12.4. The van der Waals surface area contributed by atoms with Crippen LogP contribution in [0.15, 0.2) is 65.0 Å². The van der Waals surface area contributed by atoms with Crippen LogP contribution < -0.4 is 4.80 Å². The third kappa shape index (κ3) is 4.48. The first-order valence-corrected chi connectivity index (χ1v) is 13.1. The molecular weight excluding hydrogens is 442 g/mol. The molecule has 0 unspecified atom stereocenters. The lowest BCUT2D eigenvalue weighted by Crippen LogP contribution is -2.35. The lowest BCUT2D eigenvalue weighted by Gasteiger charge is -2.25. The van der Waals surface area contributed by atoms with Crippen molar-refractivity contribution < 1.29 is 13.2 Å². The second-order valence-electron chi connectivity index (χ2n) is 7.85. The summed E-state index contributed by atoms with van der Waals surface area (Å²) in [5.41, 5.74) is 2.61. The highest BCUT2D eigenvalue weighted by Gasteiger charge is 2.26. The number of aryl methyl sites for hydroxylation is 1. The van der Waals surface area contributed by atoms with E-state index in [9.17, 15) is 13.2 Å². The van der Waals surface area contributed by atoms with E-state index in [2.05, 4.69) is 36.7 Å². The smallest absolute Gasteiger partial charge is 0.279 e. The van der Waals surface area contributed by atoms with E-state index in [0.717, 1.165) is 35.9 Å². The minimum atomic E-state index is -3.52. The molecule has 1 aliphatic heterocycles. The van der Waals surface area contributed by atoms with Crippen LogP contribution in [0.1, 0.15) is 42.1 Å². The summed E-state index contributed by atoms with van der Waals surface area (Å²) >= 11 is 1.47. The standard InChI is InChI=1S/C24H27N3O3S2/c1-3-14-27-21-13-8-18(4-2)17-22(21)31-24(27)25-23(28)19-9-11-20(12-10-19)32(29,30)26-15-6-5-7-16-26/h3,8-13,17H,1,4-7,14-16H2,2H3. The molecule has 1 fully saturated rings. The highest BCUT2D eigenvalue weighted by atomic mass is 32.2. The molecule has 1 aliphatic rings. The van der Waals surface area contributed by atoms with E-state index < -0.39 is 15.9 Å². The fourth-order valence-electron chi connectivity index (χ4n) is 3.90. The monoisotopic (exact) mass is 469 g/mol. The number of benzene rings is 2. The summed E-state index contributed by atoms with van der Waals surface area (Å²) in [6.45, 7) is 7.57. The molecule has 32 heavy (non-hydrogen) atoms. The van der Waals surface area contributed by atoms with Crippen molar-refractivity contribution in [1.29, 1.82) is 0 Å². The van der Waals surface area contributed by atoms with Crippen molar-refractivity contribution in [2.75, 3.05) is 13.1 Å². The van der Waals surface area contributed by atoms with Crippen LogP contribution in [-0.4, -0.2) is 36.3 Å². The summed E-state index contributed by atoms with van der Waals surface area (Å²) < 4.78 is 30.2. The Bertz CT molecular complexity index is 1310. The molecule has 0 bridgehead atoms. The number of fused-ring (bicyclic) bond motifs is 1. The molecule has 1 aromatic heterocycles. The van der Waals surface area contributed by atoms with Crippen LogP contribution in [0.3, 0.4) is 0 Å². The van der Waals surface area contributed by atoms with Crippen LogP contribution in [-0.2, 0) is 23.0 Å². The van der Waals surface area contributed by atoms with E-state index >= 15 is 0 Å². The molecule has 3 aromatic rings. The lowest BCUT2D eigenvalue weighted by molar-refractivity contribution is 0.0997. The average molecular weight is 470 g/mol. The molecule has 0 atom stereocenters. The largest absolute Gasteiger partial charge is 0.312 e. The van der Waals surface area contributed by atoms with Gasteiger partial charge in [-0.1, -0.05) is 36.8 Å². The highest BCUT2D eigenvalue weighted by Crippen LogP contribution is 2.22. The van der Waals surface area contributed by atoms with Gasteiger partial charge in [0.25, 0.3) is 5.91 Å². The van der Waals surface area contributed by atoms with Gasteiger partial charge in [0.1, 0.15) is 0 Å². The Balaban J connectivity index is 1.65. The van der Waals surface area contributed by atoms with Crippen molar-refractivity contribution in [3.8, 4) is 0 Å². The molecule has 1 saturated heterocycles. The van der Waals surface area contributed by atoms with Crippen LogP contribution >= 0.6 is 11.3 Å². The van der Waals surface area contributed by atoms with Crippen molar-refractivity contribution in [3.05, 3.63) is 71.0 Å². The van der Waals surface area contributed by atoms with Gasteiger partial charge < -0.3 is 4.57 Å². The molecule has 6 nitrogen and oxygen atoms in total. The molecule has 0 aliphatic carbocycles. The molecule has 168 valence electrons. The van der Waals surface area contributed by atoms with Crippen molar-refractivity contribution in [1.82, 2.24) is 8.87 Å². The highest BCUT2D eigenvalue weighted by molar-refractivity contribution is 7.89. The lowest BCUT2D eigenvalue weighted by atomic mass is 10.2. The number of carbonyl (C=O) groups excluding carboxylic acids is 1. The number of piperidine rings is 1. The van der Waals surface area contributed by atoms with Gasteiger partial charge in [-0.25, -0.2) is 8.42 Å². The summed E-state index contributed by atoms with van der Waals surface area (Å²) in [4.78, 5) is 18.0. The van der Waals surface area contributed by atoms with Gasteiger partial charge in [-0.05, 0) is 61.2 Å². The second-order valence-corrected chi connectivity index (χ2v) is 10.8. The zero-order valence-electron chi connectivity index (χ0n) is 18.2. The van der Waals surface area contributed by atoms with Gasteiger partial charge in [0.05, 0.1) is 15.1 Å². The van der Waals surface area contributed by atoms with Crippen LogP contribution in [0.25, 0.3) is 10.2 Å². The molecule has 0 spiro atoms. The number of hydrogen-bond donors (Lipinski definition) is 0. The van der Waals surface area contributed by atoms with Gasteiger partial charge in [0.2, 0.25) is 10.0 Å². The summed E-state index contributed by atoms with van der Waals surface area (Å²) in [5.74, 6) is -0.396. The van der Waals surface area contributed by atoms with Gasteiger partial charge in [-0.3, -0.25) is 4.79 Å². The van der Waals surface area contributed by atoms with Crippen LogP contribution in [0.4, 0.5) is 0 Å². The van der Waals surface area contributed by atoms with Crippen LogP contribution in [0.2, 0.25) is 0 Å². The molecule has 0 saturated carbocycles. The molecule has 0 radical (unpaired) electrons. The first-order chi connectivity index (χ1) is 15.4. The predicted molar refractivity (Wildman–Crippen MR) is 128 cm³/mol. The summed E-state index contributed by atoms with van der Waals surface area (Å²) in [6.07, 6.45) is 5.55. The Hall–Kier alpha value is -2.55. The van der Waals surface area contributed by atoms with Gasteiger partial charge in [0.15, 0.2) is 4.80 Å². The zero-order chi connectivity index (χ0) is 22.7. The van der Waals surface area contributed by atoms with Gasteiger partial charge in [0, 0.05) is 25.2 Å². The SMILES string of the molecule is C=CCn1c(=NC(=O)c2ccc(S(=O)(=O)N3CCCCC3)cc2)sc2cc(CC)ccc21. The summed E-state index contributed by atoms with van der Waals surface area (Å²) in [7, 11) is -3.52. The topological polar surface area (TPSA) is 71.7 Å². The Morgan fingerprint density at radius 2 is 1.84 bits per heavy atom. The van der Waals surface area contributed by atoms with Crippen LogP contribution in [0, 0.1) is 0 Å². The molecule has 2 aromatic carbocycles. The Morgan fingerprint density at radius 3 is 2.50 bits per heavy atom. The van der Waals surface area contributed by atoms with Gasteiger partial charge >= 0.3 is 0 Å². The van der Waals surface area contributed by atoms with Gasteiger partial charge in [-0.2, -0.15) is 9.30 Å². The number of amides is 1.